The Morgan fingerprint density at radius 3 is 2.48 bits per heavy atom. The van der Waals surface area contributed by atoms with Crippen molar-refractivity contribution in [3.63, 3.8) is 0 Å². The fourth-order valence-electron chi connectivity index (χ4n) is 3.56. The van der Waals surface area contributed by atoms with Crippen LogP contribution in [0, 0.1) is 6.92 Å². The van der Waals surface area contributed by atoms with E-state index < -0.39 is 0 Å². The van der Waals surface area contributed by atoms with Crippen molar-refractivity contribution in [3.05, 3.63) is 60.3 Å². The smallest absolute Gasteiger partial charge is 0.0705 e. The van der Waals surface area contributed by atoms with Crippen LogP contribution in [0.2, 0.25) is 0 Å². The molecule has 1 heterocycles. The van der Waals surface area contributed by atoms with Gasteiger partial charge in [-0.1, -0.05) is 43.2 Å². The van der Waals surface area contributed by atoms with Crippen molar-refractivity contribution in [2.24, 2.45) is 0 Å². The maximum absolute atomic E-state index is 4.74. The average molecular weight is 302 g/mol. The molecule has 1 saturated carbocycles. The molecule has 0 amide bonds. The predicted octanol–water partition coefficient (Wildman–Crippen LogP) is 5.56. The Morgan fingerprint density at radius 2 is 1.70 bits per heavy atom. The summed E-state index contributed by atoms with van der Waals surface area (Å²) in [6.07, 6.45) is 5.32. The first-order valence-electron chi connectivity index (χ1n) is 8.53. The molecule has 1 aromatic heterocycles. The molecule has 116 valence electrons. The topological polar surface area (TPSA) is 24.9 Å². The minimum absolute atomic E-state index is 0.657. The fraction of sp³-hybridized carbons (Fsp3) is 0.286. The second-order valence-electron chi connectivity index (χ2n) is 6.52. The highest BCUT2D eigenvalue weighted by Crippen LogP contribution is 2.28. The van der Waals surface area contributed by atoms with Crippen molar-refractivity contribution in [2.45, 2.75) is 38.6 Å². The summed E-state index contributed by atoms with van der Waals surface area (Å²) in [4.78, 5) is 4.74. The van der Waals surface area contributed by atoms with Crippen molar-refractivity contribution >= 4 is 16.6 Å². The van der Waals surface area contributed by atoms with Gasteiger partial charge in [-0.2, -0.15) is 0 Å². The minimum atomic E-state index is 0.657. The lowest BCUT2D eigenvalue weighted by atomic mass is 10.0. The van der Waals surface area contributed by atoms with Gasteiger partial charge in [0.05, 0.1) is 5.52 Å². The van der Waals surface area contributed by atoms with E-state index in [0.717, 1.165) is 11.2 Å². The van der Waals surface area contributed by atoms with Crippen LogP contribution >= 0.6 is 0 Å². The third kappa shape index (κ3) is 2.94. The Hall–Kier alpha value is -2.35. The first kappa shape index (κ1) is 14.3. The summed E-state index contributed by atoms with van der Waals surface area (Å²) in [6, 6.07) is 20.0. The number of para-hydroxylation sites is 1. The molecule has 1 aliphatic carbocycles. The number of fused-ring (bicyclic) bond motifs is 1. The summed E-state index contributed by atoms with van der Waals surface area (Å²) in [5.74, 6) is 0. The Balaban J connectivity index is 1.63. The van der Waals surface area contributed by atoms with Gasteiger partial charge in [0.15, 0.2) is 0 Å². The zero-order chi connectivity index (χ0) is 15.6. The summed E-state index contributed by atoms with van der Waals surface area (Å²) in [6.45, 7) is 2.09. The molecule has 0 atom stereocenters. The highest BCUT2D eigenvalue weighted by molar-refractivity contribution is 5.85. The Kier molecular flexibility index (Phi) is 3.74. The number of nitrogens with zero attached hydrogens (tertiary/aromatic N) is 1. The van der Waals surface area contributed by atoms with E-state index in [-0.39, 0.29) is 0 Å². The van der Waals surface area contributed by atoms with Crippen molar-refractivity contribution in [2.75, 3.05) is 5.32 Å². The van der Waals surface area contributed by atoms with Crippen LogP contribution in [0.25, 0.3) is 22.0 Å². The molecule has 2 heteroatoms. The molecule has 1 aliphatic rings. The summed E-state index contributed by atoms with van der Waals surface area (Å²) in [5, 5.41) is 4.84. The number of anilines is 1. The second-order valence-corrected chi connectivity index (χ2v) is 6.52. The maximum Gasteiger partial charge on any atom is 0.0705 e. The van der Waals surface area contributed by atoms with Crippen LogP contribution in [0.15, 0.2) is 54.6 Å². The quantitative estimate of drug-likeness (QED) is 0.684. The van der Waals surface area contributed by atoms with E-state index in [9.17, 15) is 0 Å². The molecule has 0 radical (unpaired) electrons. The Bertz CT molecular complexity index is 815. The van der Waals surface area contributed by atoms with E-state index in [1.165, 1.54) is 47.9 Å². The monoisotopic (exact) mass is 302 g/mol. The first-order valence-corrected chi connectivity index (χ1v) is 8.53. The van der Waals surface area contributed by atoms with Crippen LogP contribution < -0.4 is 5.32 Å². The number of aryl methyl sites for hydroxylation is 1. The van der Waals surface area contributed by atoms with Crippen molar-refractivity contribution in [3.8, 4) is 11.1 Å². The lowest BCUT2D eigenvalue weighted by molar-refractivity contribution is 0.755. The standard InChI is InChI=1S/C21H22N2/c1-15-20(14-17-6-2-5-9-21(17)22-15)16-10-12-19(13-11-16)23-18-7-3-4-8-18/h2,5-6,9-14,18,23H,3-4,7-8H2,1H3. The molecule has 0 aliphatic heterocycles. The van der Waals surface area contributed by atoms with Crippen molar-refractivity contribution in [1.82, 2.24) is 4.98 Å². The van der Waals surface area contributed by atoms with Gasteiger partial charge < -0.3 is 5.32 Å². The van der Waals surface area contributed by atoms with Crippen LogP contribution in [0.3, 0.4) is 0 Å². The predicted molar refractivity (Wildman–Crippen MR) is 97.8 cm³/mol. The third-order valence-electron chi connectivity index (χ3n) is 4.84. The van der Waals surface area contributed by atoms with Crippen molar-refractivity contribution in [1.29, 1.82) is 0 Å². The number of aromatic nitrogens is 1. The summed E-state index contributed by atoms with van der Waals surface area (Å²) >= 11 is 0. The first-order chi connectivity index (χ1) is 11.3. The third-order valence-corrected chi connectivity index (χ3v) is 4.84. The summed E-state index contributed by atoms with van der Waals surface area (Å²) in [5.41, 5.74) is 5.83. The number of rotatable bonds is 3. The summed E-state index contributed by atoms with van der Waals surface area (Å²) < 4.78 is 0. The van der Waals surface area contributed by atoms with E-state index >= 15 is 0 Å². The van der Waals surface area contributed by atoms with E-state index in [1.807, 2.05) is 6.07 Å². The minimum Gasteiger partial charge on any atom is -0.382 e. The van der Waals surface area contributed by atoms with E-state index in [2.05, 4.69) is 60.8 Å². The molecule has 0 saturated heterocycles. The van der Waals surface area contributed by atoms with Crippen LogP contribution in [0.4, 0.5) is 5.69 Å². The van der Waals surface area contributed by atoms with Gasteiger partial charge in [0, 0.05) is 28.4 Å². The van der Waals surface area contributed by atoms with Gasteiger partial charge in [-0.25, -0.2) is 0 Å². The Morgan fingerprint density at radius 1 is 0.957 bits per heavy atom. The van der Waals surface area contributed by atoms with Gasteiger partial charge in [0.2, 0.25) is 0 Å². The van der Waals surface area contributed by atoms with Crippen LogP contribution in [0.1, 0.15) is 31.4 Å². The normalized spacial score (nSPS) is 15.2. The zero-order valence-electron chi connectivity index (χ0n) is 13.5. The lowest BCUT2D eigenvalue weighted by Crippen LogP contribution is -2.14. The number of nitrogens with one attached hydrogen (secondary N) is 1. The van der Waals surface area contributed by atoms with E-state index in [0.29, 0.717) is 6.04 Å². The molecule has 23 heavy (non-hydrogen) atoms. The molecule has 0 spiro atoms. The molecule has 2 aromatic carbocycles. The highest BCUT2D eigenvalue weighted by atomic mass is 14.9. The molecule has 4 rings (SSSR count). The molecular weight excluding hydrogens is 280 g/mol. The molecule has 0 unspecified atom stereocenters. The highest BCUT2D eigenvalue weighted by Gasteiger charge is 2.14. The summed E-state index contributed by atoms with van der Waals surface area (Å²) in [7, 11) is 0. The maximum atomic E-state index is 4.74. The molecule has 2 nitrogen and oxygen atoms in total. The van der Waals surface area contributed by atoms with Gasteiger partial charge >= 0.3 is 0 Å². The molecule has 0 bridgehead atoms. The molecule has 1 fully saturated rings. The largest absolute Gasteiger partial charge is 0.382 e. The zero-order valence-corrected chi connectivity index (χ0v) is 13.5. The van der Waals surface area contributed by atoms with E-state index in [4.69, 9.17) is 4.98 Å². The van der Waals surface area contributed by atoms with Crippen molar-refractivity contribution < 1.29 is 0 Å². The van der Waals surface area contributed by atoms with Gasteiger partial charge in [0.1, 0.15) is 0 Å². The van der Waals surface area contributed by atoms with Gasteiger partial charge in [-0.15, -0.1) is 0 Å². The molecule has 1 N–H and O–H groups in total. The Labute approximate surface area is 137 Å². The van der Waals surface area contributed by atoms with Gasteiger partial charge in [-0.3, -0.25) is 4.98 Å². The SMILES string of the molecule is Cc1nc2ccccc2cc1-c1ccc(NC2CCCC2)cc1. The number of benzene rings is 2. The van der Waals surface area contributed by atoms with Gasteiger partial charge in [0.25, 0.3) is 0 Å². The number of hydrogen-bond acceptors (Lipinski definition) is 2. The van der Waals surface area contributed by atoms with E-state index in [1.54, 1.807) is 0 Å². The molecular formula is C21H22N2. The number of hydrogen-bond donors (Lipinski definition) is 1. The lowest BCUT2D eigenvalue weighted by Gasteiger charge is -2.14. The van der Waals surface area contributed by atoms with Crippen LogP contribution in [-0.4, -0.2) is 11.0 Å². The average Bonchev–Trinajstić information content (AvgIpc) is 3.08. The van der Waals surface area contributed by atoms with Crippen LogP contribution in [-0.2, 0) is 0 Å². The van der Waals surface area contributed by atoms with Gasteiger partial charge in [-0.05, 0) is 49.6 Å². The second kappa shape index (κ2) is 6.04. The van der Waals surface area contributed by atoms with Crippen LogP contribution in [0.5, 0.6) is 0 Å². The number of pyridine rings is 1. The fourth-order valence-corrected chi connectivity index (χ4v) is 3.56. The molecule has 3 aromatic rings.